The first-order chi connectivity index (χ1) is 8.99. The van der Waals surface area contributed by atoms with Gasteiger partial charge in [0.05, 0.1) is 11.8 Å². The van der Waals surface area contributed by atoms with Crippen LogP contribution in [-0.2, 0) is 0 Å². The first-order valence-electron chi connectivity index (χ1n) is 5.41. The van der Waals surface area contributed by atoms with Gasteiger partial charge in [-0.15, -0.1) is 0 Å². The van der Waals surface area contributed by atoms with Crippen LogP contribution < -0.4 is 5.32 Å². The third kappa shape index (κ3) is 2.57. The number of aromatic hydroxyl groups is 1. The molecule has 3 N–H and O–H groups in total. The number of aromatic carboxylic acids is 1. The SMILES string of the molecule is Cc1occc1C(=O)Nc1ccc(C(=O)O)c(O)c1. The second-order valence-electron chi connectivity index (χ2n) is 3.88. The normalized spacial score (nSPS) is 10.2. The quantitative estimate of drug-likeness (QED) is 0.786. The third-order valence-electron chi connectivity index (χ3n) is 2.59. The Morgan fingerprint density at radius 2 is 1.95 bits per heavy atom. The third-order valence-corrected chi connectivity index (χ3v) is 2.59. The van der Waals surface area contributed by atoms with Crippen LogP contribution in [0.4, 0.5) is 5.69 Å². The Bertz CT molecular complexity index is 644. The molecule has 1 aromatic heterocycles. The van der Waals surface area contributed by atoms with Gasteiger partial charge in [-0.05, 0) is 25.1 Å². The number of aryl methyl sites for hydroxylation is 1. The Balaban J connectivity index is 2.21. The minimum Gasteiger partial charge on any atom is -0.507 e. The van der Waals surface area contributed by atoms with Crippen LogP contribution in [-0.4, -0.2) is 22.1 Å². The molecule has 0 bridgehead atoms. The number of phenols is 1. The number of nitrogens with one attached hydrogen (secondary N) is 1. The number of rotatable bonds is 3. The number of carbonyl (C=O) groups is 2. The molecule has 19 heavy (non-hydrogen) atoms. The molecule has 0 atom stereocenters. The van der Waals surface area contributed by atoms with E-state index < -0.39 is 17.6 Å². The molecule has 0 saturated heterocycles. The number of furan rings is 1. The second-order valence-corrected chi connectivity index (χ2v) is 3.88. The summed E-state index contributed by atoms with van der Waals surface area (Å²) in [5.41, 5.74) is 0.451. The molecule has 1 aromatic carbocycles. The standard InChI is InChI=1S/C13H11NO5/c1-7-9(4-5-19-7)12(16)14-8-2-3-10(13(17)18)11(15)6-8/h2-6,15H,1H3,(H,14,16)(H,17,18). The molecule has 0 spiro atoms. The number of carboxylic acids is 1. The number of anilines is 1. The molecule has 98 valence electrons. The van der Waals surface area contributed by atoms with Gasteiger partial charge in [-0.1, -0.05) is 0 Å². The van der Waals surface area contributed by atoms with E-state index in [2.05, 4.69) is 5.32 Å². The van der Waals surface area contributed by atoms with Gasteiger partial charge in [0.15, 0.2) is 0 Å². The van der Waals surface area contributed by atoms with E-state index in [0.29, 0.717) is 17.0 Å². The zero-order valence-corrected chi connectivity index (χ0v) is 10.0. The van der Waals surface area contributed by atoms with Crippen molar-refractivity contribution in [3.05, 3.63) is 47.4 Å². The Morgan fingerprint density at radius 1 is 1.21 bits per heavy atom. The summed E-state index contributed by atoms with van der Waals surface area (Å²) >= 11 is 0. The molecule has 0 fully saturated rings. The van der Waals surface area contributed by atoms with E-state index in [4.69, 9.17) is 9.52 Å². The van der Waals surface area contributed by atoms with E-state index in [1.165, 1.54) is 30.5 Å². The molecule has 0 unspecified atom stereocenters. The number of hydrogen-bond acceptors (Lipinski definition) is 4. The van der Waals surface area contributed by atoms with Crippen molar-refractivity contribution in [1.29, 1.82) is 0 Å². The summed E-state index contributed by atoms with van der Waals surface area (Å²) in [6, 6.07) is 5.32. The molecule has 0 radical (unpaired) electrons. The predicted octanol–water partition coefficient (Wildman–Crippen LogP) is 2.24. The van der Waals surface area contributed by atoms with Gasteiger partial charge in [-0.3, -0.25) is 4.79 Å². The maximum absolute atomic E-state index is 11.9. The summed E-state index contributed by atoms with van der Waals surface area (Å²) in [7, 11) is 0. The van der Waals surface area contributed by atoms with Crippen LogP contribution in [0.2, 0.25) is 0 Å². The van der Waals surface area contributed by atoms with Crippen LogP contribution >= 0.6 is 0 Å². The minimum absolute atomic E-state index is 0.225. The van der Waals surface area contributed by atoms with E-state index in [9.17, 15) is 14.7 Å². The van der Waals surface area contributed by atoms with Crippen molar-refractivity contribution in [3.63, 3.8) is 0 Å². The molecule has 1 amide bonds. The zero-order chi connectivity index (χ0) is 14.0. The van der Waals surface area contributed by atoms with Gasteiger partial charge in [0.25, 0.3) is 5.91 Å². The van der Waals surface area contributed by atoms with E-state index >= 15 is 0 Å². The van der Waals surface area contributed by atoms with Crippen molar-refractivity contribution in [2.45, 2.75) is 6.92 Å². The fourth-order valence-corrected chi connectivity index (χ4v) is 1.61. The largest absolute Gasteiger partial charge is 0.507 e. The minimum atomic E-state index is -1.24. The van der Waals surface area contributed by atoms with Crippen molar-refractivity contribution in [2.75, 3.05) is 5.32 Å². The topological polar surface area (TPSA) is 99.8 Å². The first kappa shape index (κ1) is 12.7. The highest BCUT2D eigenvalue weighted by molar-refractivity contribution is 6.05. The Kier molecular flexibility index (Phi) is 3.24. The first-order valence-corrected chi connectivity index (χ1v) is 5.41. The van der Waals surface area contributed by atoms with Gasteiger partial charge in [-0.25, -0.2) is 4.79 Å². The van der Waals surface area contributed by atoms with E-state index in [1.54, 1.807) is 6.92 Å². The smallest absolute Gasteiger partial charge is 0.339 e. The van der Waals surface area contributed by atoms with Crippen LogP contribution in [0.25, 0.3) is 0 Å². The molecule has 0 aliphatic rings. The van der Waals surface area contributed by atoms with Gasteiger partial charge < -0.3 is 19.9 Å². The average molecular weight is 261 g/mol. The lowest BCUT2D eigenvalue weighted by Gasteiger charge is -2.06. The van der Waals surface area contributed by atoms with Gasteiger partial charge in [0.1, 0.15) is 17.1 Å². The highest BCUT2D eigenvalue weighted by Crippen LogP contribution is 2.22. The van der Waals surface area contributed by atoms with Crippen molar-refractivity contribution in [2.24, 2.45) is 0 Å². The highest BCUT2D eigenvalue weighted by Gasteiger charge is 2.14. The molecule has 0 aliphatic heterocycles. The lowest BCUT2D eigenvalue weighted by atomic mass is 10.1. The molecule has 1 heterocycles. The van der Waals surface area contributed by atoms with Crippen LogP contribution in [0.3, 0.4) is 0 Å². The maximum Gasteiger partial charge on any atom is 0.339 e. The van der Waals surface area contributed by atoms with Crippen LogP contribution in [0, 0.1) is 6.92 Å². The number of benzene rings is 1. The summed E-state index contributed by atoms with van der Waals surface area (Å²) < 4.78 is 5.01. The van der Waals surface area contributed by atoms with Crippen LogP contribution in [0.5, 0.6) is 5.75 Å². The van der Waals surface area contributed by atoms with Gasteiger partial charge in [0, 0.05) is 11.8 Å². The lowest BCUT2D eigenvalue weighted by molar-refractivity contribution is 0.0693. The second kappa shape index (κ2) is 4.85. The molecular formula is C13H11NO5. The number of amides is 1. The molecular weight excluding hydrogens is 250 g/mol. The number of hydrogen-bond donors (Lipinski definition) is 3. The van der Waals surface area contributed by atoms with E-state index in [1.807, 2.05) is 0 Å². The molecule has 6 nitrogen and oxygen atoms in total. The lowest BCUT2D eigenvalue weighted by Crippen LogP contribution is -2.12. The monoisotopic (exact) mass is 261 g/mol. The molecule has 0 saturated carbocycles. The average Bonchev–Trinajstić information content (AvgIpc) is 2.75. The van der Waals surface area contributed by atoms with Crippen molar-refractivity contribution in [1.82, 2.24) is 0 Å². The van der Waals surface area contributed by atoms with Gasteiger partial charge in [-0.2, -0.15) is 0 Å². The Morgan fingerprint density at radius 3 is 2.47 bits per heavy atom. The fourth-order valence-electron chi connectivity index (χ4n) is 1.61. The van der Waals surface area contributed by atoms with Crippen LogP contribution in [0.15, 0.2) is 34.9 Å². The van der Waals surface area contributed by atoms with E-state index in [0.717, 1.165) is 0 Å². The summed E-state index contributed by atoms with van der Waals surface area (Å²) in [4.78, 5) is 22.6. The predicted molar refractivity (Wildman–Crippen MR) is 66.5 cm³/mol. The summed E-state index contributed by atoms with van der Waals surface area (Å²) in [5.74, 6) is -1.56. The summed E-state index contributed by atoms with van der Waals surface area (Å²) in [6.45, 7) is 1.65. The van der Waals surface area contributed by atoms with Crippen molar-refractivity contribution >= 4 is 17.6 Å². The summed E-state index contributed by atoms with van der Waals surface area (Å²) in [6.07, 6.45) is 1.40. The van der Waals surface area contributed by atoms with E-state index in [-0.39, 0.29) is 5.56 Å². The number of carbonyl (C=O) groups excluding carboxylic acids is 1. The fraction of sp³-hybridized carbons (Fsp3) is 0.0769. The van der Waals surface area contributed by atoms with Crippen LogP contribution in [0.1, 0.15) is 26.5 Å². The molecule has 0 aliphatic carbocycles. The summed E-state index contributed by atoms with van der Waals surface area (Å²) in [5, 5.41) is 20.8. The molecule has 2 aromatic rings. The van der Waals surface area contributed by atoms with Gasteiger partial charge >= 0.3 is 5.97 Å². The maximum atomic E-state index is 11.9. The van der Waals surface area contributed by atoms with Crippen molar-refractivity contribution < 1.29 is 24.2 Å². The molecule has 2 rings (SSSR count). The number of carboxylic acid groups (broad SMARTS) is 1. The van der Waals surface area contributed by atoms with Gasteiger partial charge in [0.2, 0.25) is 0 Å². The highest BCUT2D eigenvalue weighted by atomic mass is 16.4. The van der Waals surface area contributed by atoms with Crippen molar-refractivity contribution in [3.8, 4) is 5.75 Å². The Hall–Kier alpha value is -2.76. The zero-order valence-electron chi connectivity index (χ0n) is 10.0. The molecule has 6 heteroatoms. The Labute approximate surface area is 108 Å².